The van der Waals surface area contributed by atoms with E-state index in [1.165, 1.54) is 6.07 Å². The van der Waals surface area contributed by atoms with E-state index in [4.69, 9.17) is 16.7 Å². The highest BCUT2D eigenvalue weighted by atomic mass is 35.5. The van der Waals surface area contributed by atoms with Crippen molar-refractivity contribution in [1.82, 2.24) is 0 Å². The zero-order chi connectivity index (χ0) is 14.9. The van der Waals surface area contributed by atoms with Crippen LogP contribution in [-0.4, -0.2) is 28.6 Å². The minimum absolute atomic E-state index is 0.0323. The summed E-state index contributed by atoms with van der Waals surface area (Å²) in [6.07, 6.45) is 2.05. The molecule has 0 aromatic heterocycles. The third kappa shape index (κ3) is 3.19. The predicted octanol–water partition coefficient (Wildman–Crippen LogP) is 3.00. The molecule has 108 valence electrons. The van der Waals surface area contributed by atoms with Crippen molar-refractivity contribution in [3.63, 3.8) is 0 Å². The molecule has 1 fully saturated rings. The second-order valence-electron chi connectivity index (χ2n) is 4.92. The highest BCUT2D eigenvalue weighted by Crippen LogP contribution is 2.38. The van der Waals surface area contributed by atoms with E-state index in [1.807, 2.05) is 4.90 Å². The Bertz CT molecular complexity index is 558. The van der Waals surface area contributed by atoms with Crippen molar-refractivity contribution in [2.24, 2.45) is 0 Å². The van der Waals surface area contributed by atoms with Gasteiger partial charge in [-0.1, -0.05) is 11.6 Å². The lowest BCUT2D eigenvalue weighted by Crippen LogP contribution is -2.29. The highest BCUT2D eigenvalue weighted by molar-refractivity contribution is 6.33. The molecule has 6 nitrogen and oxygen atoms in total. The second kappa shape index (κ2) is 5.66. The number of nitro benzene ring substituents is 1. The van der Waals surface area contributed by atoms with Crippen LogP contribution in [0.4, 0.5) is 11.4 Å². The van der Waals surface area contributed by atoms with Crippen molar-refractivity contribution in [2.45, 2.75) is 32.2 Å². The second-order valence-corrected chi connectivity index (χ2v) is 5.32. The molecule has 0 spiro atoms. The van der Waals surface area contributed by atoms with Crippen LogP contribution >= 0.6 is 11.6 Å². The van der Waals surface area contributed by atoms with Crippen molar-refractivity contribution >= 4 is 28.9 Å². The quantitative estimate of drug-likeness (QED) is 0.644. The summed E-state index contributed by atoms with van der Waals surface area (Å²) in [5.41, 5.74) is 1.39. The highest BCUT2D eigenvalue weighted by Gasteiger charge is 2.31. The fourth-order valence-electron chi connectivity index (χ4n) is 2.21. The number of benzene rings is 1. The fraction of sp³-hybridized carbons (Fsp3) is 0.462. The molecule has 7 heteroatoms. The van der Waals surface area contributed by atoms with Crippen LogP contribution in [0.5, 0.6) is 0 Å². The Morgan fingerprint density at radius 2 is 2.20 bits per heavy atom. The molecule has 0 amide bonds. The van der Waals surface area contributed by atoms with Gasteiger partial charge in [-0.25, -0.2) is 0 Å². The Hall–Kier alpha value is -1.82. The Morgan fingerprint density at radius 1 is 1.55 bits per heavy atom. The lowest BCUT2D eigenvalue weighted by molar-refractivity contribution is -0.384. The van der Waals surface area contributed by atoms with Crippen molar-refractivity contribution in [3.8, 4) is 0 Å². The summed E-state index contributed by atoms with van der Waals surface area (Å²) in [7, 11) is 0. The van der Waals surface area contributed by atoms with Gasteiger partial charge in [0.2, 0.25) is 0 Å². The number of carboxylic acid groups (broad SMARTS) is 1. The minimum Gasteiger partial charge on any atom is -0.481 e. The third-order valence-electron chi connectivity index (χ3n) is 3.33. The van der Waals surface area contributed by atoms with Crippen LogP contribution < -0.4 is 4.90 Å². The normalized spacial score (nSPS) is 14.1. The molecule has 1 aromatic rings. The van der Waals surface area contributed by atoms with Crippen molar-refractivity contribution in [1.29, 1.82) is 0 Å². The molecule has 1 aliphatic rings. The number of carbonyl (C=O) groups is 1. The molecule has 20 heavy (non-hydrogen) atoms. The summed E-state index contributed by atoms with van der Waals surface area (Å²) in [6, 6.07) is 3.31. The monoisotopic (exact) mass is 298 g/mol. The maximum atomic E-state index is 10.8. The summed E-state index contributed by atoms with van der Waals surface area (Å²) in [6.45, 7) is 2.16. The molecule has 0 unspecified atom stereocenters. The molecule has 0 aliphatic heterocycles. The number of nitro groups is 1. The van der Waals surface area contributed by atoms with E-state index in [0.717, 1.165) is 24.1 Å². The molecule has 0 atom stereocenters. The van der Waals surface area contributed by atoms with Gasteiger partial charge in [0.15, 0.2) is 0 Å². The van der Waals surface area contributed by atoms with Gasteiger partial charge in [0.25, 0.3) is 5.69 Å². The fourth-order valence-corrected chi connectivity index (χ4v) is 2.43. The van der Waals surface area contributed by atoms with Crippen LogP contribution in [0.3, 0.4) is 0 Å². The van der Waals surface area contributed by atoms with Crippen LogP contribution in [0.2, 0.25) is 5.02 Å². The van der Waals surface area contributed by atoms with E-state index in [-0.39, 0.29) is 17.1 Å². The average molecular weight is 299 g/mol. The summed E-state index contributed by atoms with van der Waals surface area (Å²) in [4.78, 5) is 23.0. The van der Waals surface area contributed by atoms with Gasteiger partial charge in [-0.15, -0.1) is 0 Å². The maximum absolute atomic E-state index is 10.8. The first kappa shape index (κ1) is 14.6. The Morgan fingerprint density at radius 3 is 2.70 bits per heavy atom. The summed E-state index contributed by atoms with van der Waals surface area (Å²) >= 11 is 5.94. The van der Waals surface area contributed by atoms with Crippen LogP contribution in [0, 0.1) is 17.0 Å². The number of rotatable bonds is 6. The number of hydrogen-bond donors (Lipinski definition) is 1. The van der Waals surface area contributed by atoms with Gasteiger partial charge in [-0.2, -0.15) is 0 Å². The van der Waals surface area contributed by atoms with Gasteiger partial charge >= 0.3 is 5.97 Å². The zero-order valence-electron chi connectivity index (χ0n) is 11.0. The number of halogens is 1. The number of aliphatic carboxylic acids is 1. The lowest BCUT2D eigenvalue weighted by Gasteiger charge is -2.26. The van der Waals surface area contributed by atoms with E-state index in [1.54, 1.807) is 13.0 Å². The summed E-state index contributed by atoms with van der Waals surface area (Å²) < 4.78 is 0. The van der Waals surface area contributed by atoms with E-state index in [0.29, 0.717) is 12.6 Å². The molecule has 0 saturated heterocycles. The molecule has 0 radical (unpaired) electrons. The van der Waals surface area contributed by atoms with Crippen LogP contribution in [0.25, 0.3) is 0 Å². The third-order valence-corrected chi connectivity index (χ3v) is 3.63. The summed E-state index contributed by atoms with van der Waals surface area (Å²) in [5, 5.41) is 19.7. The largest absolute Gasteiger partial charge is 0.481 e. The molecule has 1 N–H and O–H groups in total. The standard InChI is InChI=1S/C13H15ClN2O4/c1-8-6-12(16(19)20)10(14)7-11(8)15(9-2-3-9)5-4-13(17)18/h6-7,9H,2-5H2,1H3,(H,17,18). The number of nitrogens with zero attached hydrogens (tertiary/aromatic N) is 2. The van der Waals surface area contributed by atoms with E-state index in [9.17, 15) is 14.9 Å². The first-order valence-electron chi connectivity index (χ1n) is 6.33. The number of aryl methyl sites for hydroxylation is 1. The molecule has 1 saturated carbocycles. The average Bonchev–Trinajstić information content (AvgIpc) is 3.16. The van der Waals surface area contributed by atoms with Gasteiger partial charge in [0.05, 0.1) is 11.3 Å². The van der Waals surface area contributed by atoms with Gasteiger partial charge in [0, 0.05) is 24.3 Å². The summed E-state index contributed by atoms with van der Waals surface area (Å²) in [5.74, 6) is -0.860. The first-order valence-corrected chi connectivity index (χ1v) is 6.71. The van der Waals surface area contributed by atoms with Gasteiger partial charge in [-0.05, 0) is 31.4 Å². The number of carboxylic acids is 1. The van der Waals surface area contributed by atoms with Crippen LogP contribution in [0.15, 0.2) is 12.1 Å². The molecule has 1 aliphatic carbocycles. The Kier molecular flexibility index (Phi) is 4.13. The maximum Gasteiger partial charge on any atom is 0.305 e. The molecular weight excluding hydrogens is 284 g/mol. The Labute approximate surface area is 121 Å². The predicted molar refractivity (Wildman–Crippen MR) is 75.5 cm³/mol. The number of hydrogen-bond acceptors (Lipinski definition) is 4. The van der Waals surface area contributed by atoms with Gasteiger partial charge < -0.3 is 10.0 Å². The van der Waals surface area contributed by atoms with Crippen LogP contribution in [0.1, 0.15) is 24.8 Å². The minimum atomic E-state index is -0.860. The van der Waals surface area contributed by atoms with E-state index < -0.39 is 10.9 Å². The zero-order valence-corrected chi connectivity index (χ0v) is 11.8. The van der Waals surface area contributed by atoms with Crippen LogP contribution in [-0.2, 0) is 4.79 Å². The van der Waals surface area contributed by atoms with Crippen molar-refractivity contribution in [2.75, 3.05) is 11.4 Å². The van der Waals surface area contributed by atoms with Crippen molar-refractivity contribution < 1.29 is 14.8 Å². The number of anilines is 1. The Balaban J connectivity index is 2.31. The molecule has 2 rings (SSSR count). The SMILES string of the molecule is Cc1cc([N+](=O)[O-])c(Cl)cc1N(CCC(=O)O)C1CC1. The van der Waals surface area contributed by atoms with E-state index >= 15 is 0 Å². The first-order chi connectivity index (χ1) is 9.40. The smallest absolute Gasteiger partial charge is 0.305 e. The topological polar surface area (TPSA) is 83.7 Å². The van der Waals surface area contributed by atoms with Gasteiger partial charge in [-0.3, -0.25) is 14.9 Å². The lowest BCUT2D eigenvalue weighted by atomic mass is 10.1. The molecule has 1 aromatic carbocycles. The molecule has 0 bridgehead atoms. The van der Waals surface area contributed by atoms with E-state index in [2.05, 4.69) is 0 Å². The molecule has 0 heterocycles. The molecular formula is C13H15ClN2O4. The van der Waals surface area contributed by atoms with Crippen molar-refractivity contribution in [3.05, 3.63) is 32.8 Å². The van der Waals surface area contributed by atoms with Gasteiger partial charge in [0.1, 0.15) is 5.02 Å².